The van der Waals surface area contributed by atoms with Crippen LogP contribution in [0.15, 0.2) is 30.8 Å². The Kier molecular flexibility index (Phi) is 10.9. The van der Waals surface area contributed by atoms with Gasteiger partial charge in [-0.1, -0.05) is 30.9 Å². The van der Waals surface area contributed by atoms with Crippen LogP contribution in [0.2, 0.25) is 0 Å². The Labute approximate surface area is 206 Å². The molecule has 0 bridgehead atoms. The summed E-state index contributed by atoms with van der Waals surface area (Å²) in [7, 11) is 0. The average Bonchev–Trinajstić information content (AvgIpc) is 2.74. The molecule has 0 aromatic heterocycles. The number of hydrogen-bond donors (Lipinski definition) is 3. The number of primary amides is 1. The summed E-state index contributed by atoms with van der Waals surface area (Å²) in [6.07, 6.45) is 0.369. The van der Waals surface area contributed by atoms with Crippen molar-refractivity contribution in [3.63, 3.8) is 0 Å². The second-order valence-electron chi connectivity index (χ2n) is 9.27. The van der Waals surface area contributed by atoms with Crippen LogP contribution >= 0.6 is 0 Å². The molecule has 0 radical (unpaired) electrons. The molecule has 4 N–H and O–H groups in total. The van der Waals surface area contributed by atoms with Gasteiger partial charge in [-0.05, 0) is 58.2 Å². The van der Waals surface area contributed by atoms with Crippen LogP contribution in [-0.4, -0.2) is 52.9 Å². The van der Waals surface area contributed by atoms with Crippen molar-refractivity contribution < 1.29 is 23.9 Å². The number of nitriles is 1. The van der Waals surface area contributed by atoms with Crippen LogP contribution in [-0.2, 0) is 19.1 Å². The number of carbonyl (C=O) groups excluding carboxylic acids is 4. The number of alkyl carbamates (subject to hydrolysis) is 1. The fourth-order valence-electron chi connectivity index (χ4n) is 3.26. The third-order valence-corrected chi connectivity index (χ3v) is 4.65. The third-order valence-electron chi connectivity index (χ3n) is 4.65. The van der Waals surface area contributed by atoms with Crippen molar-refractivity contribution in [3.05, 3.63) is 42.0 Å². The molecule has 0 aliphatic rings. The van der Waals surface area contributed by atoms with Gasteiger partial charge in [0.2, 0.25) is 17.7 Å². The number of ether oxygens (including phenoxy) is 1. The Balaban J connectivity index is 3.49. The molecule has 4 amide bonds. The molecule has 1 rings (SSSR count). The monoisotopic (exact) mass is 485 g/mol. The van der Waals surface area contributed by atoms with Crippen molar-refractivity contribution in [1.82, 2.24) is 15.5 Å². The zero-order valence-corrected chi connectivity index (χ0v) is 21.0. The molecule has 0 heterocycles. The maximum Gasteiger partial charge on any atom is 0.408 e. The summed E-state index contributed by atoms with van der Waals surface area (Å²) >= 11 is 0. The van der Waals surface area contributed by atoms with E-state index >= 15 is 0 Å². The smallest absolute Gasteiger partial charge is 0.408 e. The zero-order valence-electron chi connectivity index (χ0n) is 21.0. The first kappa shape index (κ1) is 29.2. The summed E-state index contributed by atoms with van der Waals surface area (Å²) < 4.78 is 5.25. The predicted molar refractivity (Wildman–Crippen MR) is 131 cm³/mol. The van der Waals surface area contributed by atoms with Gasteiger partial charge in [0.25, 0.3) is 0 Å². The van der Waals surface area contributed by atoms with E-state index < -0.39 is 48.0 Å². The highest BCUT2D eigenvalue weighted by atomic mass is 16.6. The Morgan fingerprint density at radius 2 is 1.89 bits per heavy atom. The topological polar surface area (TPSA) is 155 Å². The molecule has 1 aromatic carbocycles. The lowest BCUT2D eigenvalue weighted by Crippen LogP contribution is -2.53. The second-order valence-corrected chi connectivity index (χ2v) is 9.27. The zero-order chi connectivity index (χ0) is 26.8. The summed E-state index contributed by atoms with van der Waals surface area (Å²) in [6.45, 7) is 11.8. The van der Waals surface area contributed by atoms with Gasteiger partial charge >= 0.3 is 6.09 Å². The molecule has 0 fully saturated rings. The van der Waals surface area contributed by atoms with E-state index in [9.17, 15) is 24.4 Å². The van der Waals surface area contributed by atoms with Crippen LogP contribution in [0.4, 0.5) is 4.79 Å². The first-order chi connectivity index (χ1) is 16.3. The van der Waals surface area contributed by atoms with Crippen LogP contribution in [0.3, 0.4) is 0 Å². The molecule has 0 saturated carbocycles. The predicted octanol–water partition coefficient (Wildman–Crippen LogP) is 2.41. The van der Waals surface area contributed by atoms with E-state index in [1.54, 1.807) is 65.0 Å². The lowest BCUT2D eigenvalue weighted by molar-refractivity contribution is -0.142. The van der Waals surface area contributed by atoms with Crippen LogP contribution in [0.5, 0.6) is 0 Å². The van der Waals surface area contributed by atoms with E-state index in [4.69, 9.17) is 10.5 Å². The number of nitrogens with zero attached hydrogens (tertiary/aromatic N) is 2. The summed E-state index contributed by atoms with van der Waals surface area (Å²) in [5, 5.41) is 14.7. The van der Waals surface area contributed by atoms with Gasteiger partial charge in [0, 0.05) is 12.5 Å². The lowest BCUT2D eigenvalue weighted by atomic mass is 9.99. The lowest BCUT2D eigenvalue weighted by Gasteiger charge is -2.33. The molecule has 0 aliphatic heterocycles. The van der Waals surface area contributed by atoms with Crippen molar-refractivity contribution in [1.29, 1.82) is 5.26 Å². The maximum absolute atomic E-state index is 13.7. The summed E-state index contributed by atoms with van der Waals surface area (Å²) in [6, 6.07) is 6.08. The molecule has 0 spiro atoms. The van der Waals surface area contributed by atoms with Crippen molar-refractivity contribution in [2.45, 2.75) is 71.2 Å². The van der Waals surface area contributed by atoms with Crippen molar-refractivity contribution in [2.75, 3.05) is 6.54 Å². The third kappa shape index (κ3) is 9.88. The second kappa shape index (κ2) is 13.1. The average molecular weight is 486 g/mol. The van der Waals surface area contributed by atoms with E-state index in [2.05, 4.69) is 17.2 Å². The van der Waals surface area contributed by atoms with Crippen molar-refractivity contribution in [2.24, 2.45) is 5.73 Å². The van der Waals surface area contributed by atoms with E-state index in [0.29, 0.717) is 11.1 Å². The highest BCUT2D eigenvalue weighted by Crippen LogP contribution is 2.24. The van der Waals surface area contributed by atoms with Gasteiger partial charge in [0.05, 0.1) is 6.07 Å². The number of carbonyl (C=O) groups is 4. The largest absolute Gasteiger partial charge is 0.444 e. The summed E-state index contributed by atoms with van der Waals surface area (Å²) in [5.74, 6) is -1.91. The molecule has 1 aromatic rings. The van der Waals surface area contributed by atoms with Crippen LogP contribution in [0, 0.1) is 11.3 Å². The molecule has 0 saturated heterocycles. The highest BCUT2D eigenvalue weighted by molar-refractivity contribution is 5.92. The van der Waals surface area contributed by atoms with Gasteiger partial charge < -0.3 is 26.0 Å². The number of amides is 4. The fourth-order valence-corrected chi connectivity index (χ4v) is 3.26. The normalized spacial score (nSPS) is 12.6. The molecule has 2 unspecified atom stereocenters. The van der Waals surface area contributed by atoms with Gasteiger partial charge in [-0.2, -0.15) is 5.26 Å². The van der Waals surface area contributed by atoms with Crippen LogP contribution in [0.25, 0.3) is 6.08 Å². The molecular weight excluding hydrogens is 450 g/mol. The molecular formula is C25H35N5O5. The Bertz CT molecular complexity index is 977. The van der Waals surface area contributed by atoms with Crippen molar-refractivity contribution in [3.8, 4) is 6.07 Å². The van der Waals surface area contributed by atoms with Crippen LogP contribution < -0.4 is 16.4 Å². The van der Waals surface area contributed by atoms with Gasteiger partial charge in [-0.15, -0.1) is 0 Å². The van der Waals surface area contributed by atoms with Crippen LogP contribution in [0.1, 0.15) is 64.6 Å². The molecule has 2 atom stereocenters. The number of nitrogens with two attached hydrogens (primary N) is 1. The van der Waals surface area contributed by atoms with Gasteiger partial charge in [0.15, 0.2) is 0 Å². The van der Waals surface area contributed by atoms with E-state index in [1.165, 1.54) is 0 Å². The van der Waals surface area contributed by atoms with Gasteiger partial charge in [-0.25, -0.2) is 4.79 Å². The van der Waals surface area contributed by atoms with E-state index in [1.807, 2.05) is 6.07 Å². The Morgan fingerprint density at radius 1 is 1.23 bits per heavy atom. The quantitative estimate of drug-likeness (QED) is 0.409. The van der Waals surface area contributed by atoms with Gasteiger partial charge in [0.1, 0.15) is 24.2 Å². The minimum Gasteiger partial charge on any atom is -0.444 e. The van der Waals surface area contributed by atoms with E-state index in [-0.39, 0.29) is 18.9 Å². The minimum absolute atomic E-state index is 0.138. The molecule has 35 heavy (non-hydrogen) atoms. The van der Waals surface area contributed by atoms with E-state index in [0.717, 1.165) is 4.90 Å². The molecule has 10 nitrogen and oxygen atoms in total. The number of hydrogen-bond acceptors (Lipinski definition) is 6. The summed E-state index contributed by atoms with van der Waals surface area (Å²) in [5.41, 5.74) is 5.59. The van der Waals surface area contributed by atoms with Crippen molar-refractivity contribution >= 4 is 29.9 Å². The summed E-state index contributed by atoms with van der Waals surface area (Å²) in [4.78, 5) is 51.8. The number of nitrogens with one attached hydrogen (secondary N) is 2. The number of rotatable bonds is 11. The Morgan fingerprint density at radius 3 is 2.40 bits per heavy atom. The number of benzene rings is 1. The van der Waals surface area contributed by atoms with Gasteiger partial charge in [-0.3, -0.25) is 14.4 Å². The highest BCUT2D eigenvalue weighted by Gasteiger charge is 2.36. The maximum atomic E-state index is 13.7. The fraction of sp³-hybridized carbons (Fsp3) is 0.480. The molecule has 190 valence electrons. The molecule has 10 heteroatoms. The minimum atomic E-state index is -1.26. The first-order valence-corrected chi connectivity index (χ1v) is 11.3. The molecule has 0 aliphatic carbocycles. The SMILES string of the molecule is C=Cc1cccc(C(C(=O)NC(C)C)N(CC#N)C(=O)C(CCC(N)=O)NC(=O)OC(C)(C)C)c1. The Hall–Kier alpha value is -3.87. The standard InChI is InChI=1S/C25H35N5O5/c1-7-17-9-8-10-18(15-17)21(22(32)28-16(2)3)30(14-13-26)23(33)19(11-12-20(27)31)29-24(34)35-25(4,5)6/h7-10,15-16,19,21H,1,11-12,14H2,2-6H3,(H2,27,31)(H,28,32)(H,29,34). The first-order valence-electron chi connectivity index (χ1n) is 11.3.